The molecule has 0 atom stereocenters. The van der Waals surface area contributed by atoms with Crippen molar-refractivity contribution in [2.45, 2.75) is 20.0 Å². The molecule has 0 aliphatic heterocycles. The number of aryl methyl sites for hydroxylation is 1. The number of benzene rings is 1. The minimum absolute atomic E-state index is 0.543. The molecule has 0 saturated carbocycles. The molecule has 0 amide bonds. The van der Waals surface area contributed by atoms with Gasteiger partial charge in [0.2, 0.25) is 11.8 Å². The quantitative estimate of drug-likeness (QED) is 0.760. The number of fused-ring (bicyclic) bond motifs is 1. The van der Waals surface area contributed by atoms with Gasteiger partial charge in [-0.25, -0.2) is 0 Å². The van der Waals surface area contributed by atoms with E-state index in [-0.39, 0.29) is 0 Å². The summed E-state index contributed by atoms with van der Waals surface area (Å²) in [6.07, 6.45) is 2.02. The molecule has 5 nitrogen and oxygen atoms in total. The lowest BCUT2D eigenvalue weighted by atomic mass is 10.1. The van der Waals surface area contributed by atoms with E-state index >= 15 is 0 Å². The first-order valence-electron chi connectivity index (χ1n) is 5.83. The number of rotatable bonds is 3. The van der Waals surface area contributed by atoms with E-state index in [1.165, 1.54) is 5.39 Å². The lowest BCUT2D eigenvalue weighted by Crippen LogP contribution is -2.00. The van der Waals surface area contributed by atoms with Crippen LogP contribution in [0, 0.1) is 6.92 Å². The van der Waals surface area contributed by atoms with Crippen molar-refractivity contribution >= 4 is 10.9 Å². The highest BCUT2D eigenvalue weighted by atomic mass is 16.4. The van der Waals surface area contributed by atoms with Gasteiger partial charge in [-0.05, 0) is 17.7 Å². The molecule has 3 rings (SSSR count). The van der Waals surface area contributed by atoms with E-state index in [0.29, 0.717) is 24.9 Å². The number of hydrogen-bond donors (Lipinski definition) is 1. The Bertz CT molecular complexity index is 683. The van der Waals surface area contributed by atoms with Crippen molar-refractivity contribution in [2.24, 2.45) is 5.73 Å². The summed E-state index contributed by atoms with van der Waals surface area (Å²) in [5.74, 6) is 1.20. The van der Waals surface area contributed by atoms with Gasteiger partial charge in [-0.1, -0.05) is 12.1 Å². The molecule has 2 N–H and O–H groups in total. The topological polar surface area (TPSA) is 69.9 Å². The van der Waals surface area contributed by atoms with Crippen LogP contribution in [0.1, 0.15) is 17.3 Å². The smallest absolute Gasteiger partial charge is 0.236 e. The van der Waals surface area contributed by atoms with Gasteiger partial charge in [0.25, 0.3) is 0 Å². The van der Waals surface area contributed by atoms with Crippen LogP contribution in [0.4, 0.5) is 0 Å². The largest absolute Gasteiger partial charge is 0.424 e. The SMILES string of the molecule is Cc1nnc(Cn2ccc3c(CN)cccc32)o1. The maximum Gasteiger partial charge on any atom is 0.236 e. The van der Waals surface area contributed by atoms with Gasteiger partial charge in [0, 0.05) is 30.6 Å². The van der Waals surface area contributed by atoms with Gasteiger partial charge in [0.05, 0.1) is 0 Å². The maximum absolute atomic E-state index is 5.73. The van der Waals surface area contributed by atoms with Crippen LogP contribution in [0.15, 0.2) is 34.9 Å². The fraction of sp³-hybridized carbons (Fsp3) is 0.231. The second-order valence-corrected chi connectivity index (χ2v) is 4.21. The predicted octanol–water partition coefficient (Wildman–Crippen LogP) is 1.84. The van der Waals surface area contributed by atoms with Crippen LogP contribution in [0.2, 0.25) is 0 Å². The van der Waals surface area contributed by atoms with Crippen molar-refractivity contribution in [1.82, 2.24) is 14.8 Å². The van der Waals surface area contributed by atoms with Crippen LogP contribution >= 0.6 is 0 Å². The predicted molar refractivity (Wildman–Crippen MR) is 68.0 cm³/mol. The fourth-order valence-electron chi connectivity index (χ4n) is 2.15. The molecule has 0 aliphatic rings. The Labute approximate surface area is 104 Å². The molecule has 3 aromatic rings. The van der Waals surface area contributed by atoms with Crippen LogP contribution in [0.25, 0.3) is 10.9 Å². The van der Waals surface area contributed by atoms with Gasteiger partial charge in [-0.3, -0.25) is 0 Å². The summed E-state index contributed by atoms with van der Waals surface area (Å²) in [6.45, 7) is 2.91. The Kier molecular flexibility index (Phi) is 2.60. The molecule has 18 heavy (non-hydrogen) atoms. The van der Waals surface area contributed by atoms with Gasteiger partial charge in [-0.15, -0.1) is 10.2 Å². The highest BCUT2D eigenvalue weighted by Gasteiger charge is 2.08. The van der Waals surface area contributed by atoms with Crippen molar-refractivity contribution in [2.75, 3.05) is 0 Å². The van der Waals surface area contributed by atoms with E-state index in [1.54, 1.807) is 6.92 Å². The molecule has 0 fully saturated rings. The minimum atomic E-state index is 0.543. The number of nitrogens with zero attached hydrogens (tertiary/aromatic N) is 3. The van der Waals surface area contributed by atoms with Crippen LogP contribution in [0.5, 0.6) is 0 Å². The third-order valence-corrected chi connectivity index (χ3v) is 3.00. The van der Waals surface area contributed by atoms with E-state index in [1.807, 2.05) is 18.3 Å². The molecule has 2 heterocycles. The van der Waals surface area contributed by atoms with Crippen molar-refractivity contribution in [3.8, 4) is 0 Å². The summed E-state index contributed by atoms with van der Waals surface area (Å²) in [4.78, 5) is 0. The summed E-state index contributed by atoms with van der Waals surface area (Å²) >= 11 is 0. The average Bonchev–Trinajstić information content (AvgIpc) is 2.97. The Morgan fingerprint density at radius 2 is 2.17 bits per heavy atom. The van der Waals surface area contributed by atoms with Crippen molar-refractivity contribution in [1.29, 1.82) is 0 Å². The number of nitrogens with two attached hydrogens (primary N) is 1. The van der Waals surface area contributed by atoms with Gasteiger partial charge >= 0.3 is 0 Å². The molecule has 0 bridgehead atoms. The molecule has 1 aromatic carbocycles. The Morgan fingerprint density at radius 1 is 1.28 bits per heavy atom. The normalized spacial score (nSPS) is 11.2. The summed E-state index contributed by atoms with van der Waals surface area (Å²) in [5, 5.41) is 9.02. The zero-order valence-electron chi connectivity index (χ0n) is 10.1. The Morgan fingerprint density at radius 3 is 2.89 bits per heavy atom. The summed E-state index contributed by atoms with van der Waals surface area (Å²) < 4.78 is 7.48. The van der Waals surface area contributed by atoms with E-state index in [4.69, 9.17) is 10.2 Å². The summed E-state index contributed by atoms with van der Waals surface area (Å²) in [7, 11) is 0. The Balaban J connectivity index is 2.02. The molecular formula is C13H14N4O. The zero-order chi connectivity index (χ0) is 12.5. The van der Waals surface area contributed by atoms with Gasteiger partial charge in [0.1, 0.15) is 6.54 Å². The first kappa shape index (κ1) is 11.0. The molecule has 0 spiro atoms. The molecular weight excluding hydrogens is 228 g/mol. The van der Waals surface area contributed by atoms with E-state index < -0.39 is 0 Å². The van der Waals surface area contributed by atoms with Crippen molar-refractivity contribution < 1.29 is 4.42 Å². The van der Waals surface area contributed by atoms with E-state index in [2.05, 4.69) is 26.9 Å². The monoisotopic (exact) mass is 242 g/mol. The second kappa shape index (κ2) is 4.27. The first-order chi connectivity index (χ1) is 8.78. The molecule has 0 unspecified atom stereocenters. The lowest BCUT2D eigenvalue weighted by Gasteiger charge is -2.03. The van der Waals surface area contributed by atoms with Gasteiger partial charge in [-0.2, -0.15) is 0 Å². The molecule has 0 saturated heterocycles. The highest BCUT2D eigenvalue weighted by Crippen LogP contribution is 2.20. The lowest BCUT2D eigenvalue weighted by molar-refractivity contribution is 0.457. The third kappa shape index (κ3) is 1.78. The molecule has 5 heteroatoms. The van der Waals surface area contributed by atoms with Gasteiger partial charge in [0.15, 0.2) is 0 Å². The average molecular weight is 242 g/mol. The van der Waals surface area contributed by atoms with E-state index in [0.717, 1.165) is 11.1 Å². The maximum atomic E-state index is 5.73. The number of aromatic nitrogens is 3. The molecule has 0 aliphatic carbocycles. The van der Waals surface area contributed by atoms with Crippen LogP contribution < -0.4 is 5.73 Å². The third-order valence-electron chi connectivity index (χ3n) is 3.00. The van der Waals surface area contributed by atoms with Crippen molar-refractivity contribution in [3.05, 3.63) is 47.8 Å². The first-order valence-corrected chi connectivity index (χ1v) is 5.83. The standard InChI is InChI=1S/C13H14N4O/c1-9-15-16-13(18-9)8-17-6-5-11-10(7-14)3-2-4-12(11)17/h2-6H,7-8,14H2,1H3. The van der Waals surface area contributed by atoms with Crippen LogP contribution in [-0.2, 0) is 13.1 Å². The van der Waals surface area contributed by atoms with Crippen LogP contribution in [-0.4, -0.2) is 14.8 Å². The summed E-state index contributed by atoms with van der Waals surface area (Å²) in [5.41, 5.74) is 8.01. The zero-order valence-corrected chi connectivity index (χ0v) is 10.1. The Hall–Kier alpha value is -2.14. The van der Waals surface area contributed by atoms with E-state index in [9.17, 15) is 0 Å². The minimum Gasteiger partial charge on any atom is -0.424 e. The second-order valence-electron chi connectivity index (χ2n) is 4.21. The number of hydrogen-bond acceptors (Lipinski definition) is 4. The highest BCUT2D eigenvalue weighted by molar-refractivity contribution is 5.83. The summed E-state index contributed by atoms with van der Waals surface area (Å²) in [6, 6.07) is 8.20. The molecule has 0 radical (unpaired) electrons. The molecule has 2 aromatic heterocycles. The fourth-order valence-corrected chi connectivity index (χ4v) is 2.15. The van der Waals surface area contributed by atoms with Crippen LogP contribution in [0.3, 0.4) is 0 Å². The van der Waals surface area contributed by atoms with Gasteiger partial charge < -0.3 is 14.7 Å². The molecule has 92 valence electrons. The van der Waals surface area contributed by atoms with Crippen molar-refractivity contribution in [3.63, 3.8) is 0 Å².